The Morgan fingerprint density at radius 3 is 2.33 bits per heavy atom. The van der Waals surface area contributed by atoms with Crippen LogP contribution < -0.4 is 0 Å². The van der Waals surface area contributed by atoms with Gasteiger partial charge >= 0.3 is 5.97 Å². The molecule has 1 saturated carbocycles. The van der Waals surface area contributed by atoms with Crippen LogP contribution in [0, 0.1) is 11.3 Å². The van der Waals surface area contributed by atoms with Gasteiger partial charge in [-0.1, -0.05) is 77.3 Å². The highest BCUT2D eigenvalue weighted by atomic mass is 16.6. The number of hydrogen-bond acceptors (Lipinski definition) is 2. The molecule has 0 aliphatic heterocycles. The second-order valence-corrected chi connectivity index (χ2v) is 11.6. The van der Waals surface area contributed by atoms with Crippen molar-refractivity contribution in [3.05, 3.63) is 47.0 Å². The maximum Gasteiger partial charge on any atom is 0.312 e. The summed E-state index contributed by atoms with van der Waals surface area (Å²) in [5.74, 6) is 1.60. The SMILES string of the molecule is CCC(C)(C)C(=O)OC(CC)(CCc1cc2c3c(cccc3c1)C(C)C2C)C1CCCCC1. The molecule has 0 N–H and O–H groups in total. The standard InChI is InChI=1S/C31H44O2/c1-7-30(5,6)29(32)33-31(8-2,25-14-10-9-11-15-25)18-17-23-19-24-13-12-16-26-21(3)22(4)27(20-23)28(24)26/h12-13,16,19-22,25H,7-11,14-15,17-18H2,1-6H3. The van der Waals surface area contributed by atoms with Crippen LogP contribution in [0.25, 0.3) is 10.8 Å². The minimum atomic E-state index is -0.425. The third-order valence-electron chi connectivity index (χ3n) is 9.35. The van der Waals surface area contributed by atoms with Crippen molar-refractivity contribution in [1.29, 1.82) is 0 Å². The third kappa shape index (κ3) is 4.47. The number of carbonyl (C=O) groups is 1. The van der Waals surface area contributed by atoms with E-state index in [2.05, 4.69) is 58.0 Å². The van der Waals surface area contributed by atoms with E-state index in [-0.39, 0.29) is 11.6 Å². The van der Waals surface area contributed by atoms with Crippen molar-refractivity contribution in [3.63, 3.8) is 0 Å². The highest BCUT2D eigenvalue weighted by Crippen LogP contribution is 2.47. The van der Waals surface area contributed by atoms with Gasteiger partial charge in [0, 0.05) is 0 Å². The lowest BCUT2D eigenvalue weighted by molar-refractivity contribution is -0.181. The van der Waals surface area contributed by atoms with Crippen molar-refractivity contribution in [1.82, 2.24) is 0 Å². The fourth-order valence-corrected chi connectivity index (χ4v) is 6.31. The zero-order valence-electron chi connectivity index (χ0n) is 21.8. The van der Waals surface area contributed by atoms with E-state index in [1.165, 1.54) is 59.6 Å². The van der Waals surface area contributed by atoms with Crippen LogP contribution in [-0.4, -0.2) is 11.6 Å². The summed E-state index contributed by atoms with van der Waals surface area (Å²) in [4.78, 5) is 13.3. The monoisotopic (exact) mass is 448 g/mol. The number of hydrogen-bond donors (Lipinski definition) is 0. The molecule has 2 nitrogen and oxygen atoms in total. The van der Waals surface area contributed by atoms with Crippen LogP contribution in [0.2, 0.25) is 0 Å². The number of aryl methyl sites for hydroxylation is 1. The van der Waals surface area contributed by atoms with E-state index in [4.69, 9.17) is 4.74 Å². The van der Waals surface area contributed by atoms with Crippen LogP contribution in [-0.2, 0) is 16.0 Å². The van der Waals surface area contributed by atoms with Gasteiger partial charge in [-0.05, 0) is 97.6 Å². The molecule has 2 aliphatic carbocycles. The van der Waals surface area contributed by atoms with E-state index < -0.39 is 5.41 Å². The fraction of sp³-hybridized carbons (Fsp3) is 0.645. The van der Waals surface area contributed by atoms with E-state index in [1.54, 1.807) is 0 Å². The van der Waals surface area contributed by atoms with Crippen molar-refractivity contribution < 1.29 is 9.53 Å². The van der Waals surface area contributed by atoms with E-state index in [1.807, 2.05) is 13.8 Å². The zero-order chi connectivity index (χ0) is 23.8. The Balaban J connectivity index is 1.64. The Morgan fingerprint density at radius 1 is 0.970 bits per heavy atom. The molecule has 1 fully saturated rings. The summed E-state index contributed by atoms with van der Waals surface area (Å²) in [6, 6.07) is 11.6. The summed E-state index contributed by atoms with van der Waals surface area (Å²) >= 11 is 0. The molecule has 33 heavy (non-hydrogen) atoms. The Hall–Kier alpha value is -1.83. The minimum Gasteiger partial charge on any atom is -0.458 e. The van der Waals surface area contributed by atoms with E-state index in [0.29, 0.717) is 17.8 Å². The van der Waals surface area contributed by atoms with Gasteiger partial charge < -0.3 is 4.74 Å². The van der Waals surface area contributed by atoms with E-state index in [0.717, 1.165) is 25.7 Å². The van der Waals surface area contributed by atoms with Gasteiger partial charge in [-0.2, -0.15) is 0 Å². The molecule has 3 atom stereocenters. The van der Waals surface area contributed by atoms with Crippen molar-refractivity contribution in [3.8, 4) is 0 Å². The molecule has 4 rings (SSSR count). The van der Waals surface area contributed by atoms with Gasteiger partial charge in [0.05, 0.1) is 5.41 Å². The number of esters is 1. The average molecular weight is 449 g/mol. The molecular formula is C31H44O2. The van der Waals surface area contributed by atoms with Crippen LogP contribution in [0.1, 0.15) is 121 Å². The molecule has 2 aromatic carbocycles. The van der Waals surface area contributed by atoms with Gasteiger partial charge in [-0.25, -0.2) is 0 Å². The van der Waals surface area contributed by atoms with E-state index in [9.17, 15) is 4.79 Å². The average Bonchev–Trinajstić information content (AvgIpc) is 3.08. The summed E-state index contributed by atoms with van der Waals surface area (Å²) < 4.78 is 6.56. The molecule has 0 heterocycles. The first kappa shape index (κ1) is 24.3. The first-order valence-corrected chi connectivity index (χ1v) is 13.5. The van der Waals surface area contributed by atoms with Crippen LogP contribution in [0.15, 0.2) is 30.3 Å². The molecule has 0 bridgehead atoms. The fourth-order valence-electron chi connectivity index (χ4n) is 6.31. The molecule has 2 aromatic rings. The lowest BCUT2D eigenvalue weighted by Gasteiger charge is -2.43. The maximum atomic E-state index is 13.3. The van der Waals surface area contributed by atoms with Crippen molar-refractivity contribution in [2.45, 2.75) is 117 Å². The van der Waals surface area contributed by atoms with Gasteiger partial charge in [-0.3, -0.25) is 4.79 Å². The highest BCUT2D eigenvalue weighted by Gasteiger charge is 2.43. The van der Waals surface area contributed by atoms with E-state index >= 15 is 0 Å². The van der Waals surface area contributed by atoms with Crippen LogP contribution >= 0.6 is 0 Å². The van der Waals surface area contributed by atoms with Crippen molar-refractivity contribution in [2.75, 3.05) is 0 Å². The predicted octanol–water partition coefficient (Wildman–Crippen LogP) is 8.70. The van der Waals surface area contributed by atoms with Crippen molar-refractivity contribution in [2.24, 2.45) is 11.3 Å². The van der Waals surface area contributed by atoms with Crippen LogP contribution in [0.3, 0.4) is 0 Å². The Labute approximate surface area is 201 Å². The maximum absolute atomic E-state index is 13.3. The molecule has 180 valence electrons. The Kier molecular flexibility index (Phi) is 6.95. The minimum absolute atomic E-state index is 0.0124. The summed E-state index contributed by atoms with van der Waals surface area (Å²) in [5, 5.41) is 2.85. The predicted molar refractivity (Wildman–Crippen MR) is 139 cm³/mol. The van der Waals surface area contributed by atoms with Gasteiger partial charge in [-0.15, -0.1) is 0 Å². The topological polar surface area (TPSA) is 26.3 Å². The number of ether oxygens (including phenoxy) is 1. The van der Waals surface area contributed by atoms with Crippen LogP contribution in [0.4, 0.5) is 0 Å². The Morgan fingerprint density at radius 2 is 1.67 bits per heavy atom. The first-order chi connectivity index (χ1) is 15.7. The highest BCUT2D eigenvalue weighted by molar-refractivity contribution is 5.92. The molecule has 0 radical (unpaired) electrons. The normalized spacial score (nSPS) is 23.0. The molecule has 2 heteroatoms. The number of rotatable bonds is 8. The smallest absolute Gasteiger partial charge is 0.312 e. The molecule has 2 aliphatic rings. The molecule has 0 spiro atoms. The summed E-state index contributed by atoms with van der Waals surface area (Å²) in [7, 11) is 0. The summed E-state index contributed by atoms with van der Waals surface area (Å²) in [6.07, 6.45) is 9.83. The lowest BCUT2D eigenvalue weighted by Crippen LogP contribution is -2.46. The van der Waals surface area contributed by atoms with Gasteiger partial charge in [0.2, 0.25) is 0 Å². The molecule has 0 amide bonds. The second-order valence-electron chi connectivity index (χ2n) is 11.6. The van der Waals surface area contributed by atoms with Crippen molar-refractivity contribution >= 4 is 16.7 Å². The molecular weight excluding hydrogens is 404 g/mol. The first-order valence-electron chi connectivity index (χ1n) is 13.5. The lowest BCUT2D eigenvalue weighted by atomic mass is 9.72. The second kappa shape index (κ2) is 9.43. The summed E-state index contributed by atoms with van der Waals surface area (Å²) in [5.41, 5.74) is 3.64. The number of carbonyl (C=O) groups excluding carboxylic acids is 1. The third-order valence-corrected chi connectivity index (χ3v) is 9.35. The molecule has 0 saturated heterocycles. The van der Waals surface area contributed by atoms with Gasteiger partial charge in [0.25, 0.3) is 0 Å². The molecule has 0 aromatic heterocycles. The quantitative estimate of drug-likeness (QED) is 0.377. The largest absolute Gasteiger partial charge is 0.458 e. The Bertz CT molecular complexity index is 997. The zero-order valence-corrected chi connectivity index (χ0v) is 21.8. The molecule has 3 unspecified atom stereocenters. The van der Waals surface area contributed by atoms with Gasteiger partial charge in [0.15, 0.2) is 0 Å². The van der Waals surface area contributed by atoms with Crippen LogP contribution in [0.5, 0.6) is 0 Å². The number of benzene rings is 2. The van der Waals surface area contributed by atoms with Gasteiger partial charge in [0.1, 0.15) is 5.60 Å². The summed E-state index contributed by atoms with van der Waals surface area (Å²) in [6.45, 7) is 13.1.